The van der Waals surface area contributed by atoms with E-state index in [4.69, 9.17) is 4.74 Å². The van der Waals surface area contributed by atoms with Crippen LogP contribution in [0.1, 0.15) is 25.5 Å². The number of piperidine rings is 1. The Balaban J connectivity index is 1.79. The van der Waals surface area contributed by atoms with Crippen molar-refractivity contribution in [3.8, 4) is 0 Å². The van der Waals surface area contributed by atoms with Gasteiger partial charge in [0, 0.05) is 30.8 Å². The molecule has 1 amide bonds. The quantitative estimate of drug-likeness (QED) is 0.805. The second kappa shape index (κ2) is 7.72. The van der Waals surface area contributed by atoms with Gasteiger partial charge in [0.2, 0.25) is 5.91 Å². The zero-order valence-electron chi connectivity index (χ0n) is 13.0. The van der Waals surface area contributed by atoms with Crippen LogP contribution in [0.2, 0.25) is 0 Å². The fraction of sp³-hybridized carbons (Fsp3) is 0.600. The van der Waals surface area contributed by atoms with Crippen LogP contribution in [0.3, 0.4) is 0 Å². The average Bonchev–Trinajstić information content (AvgIpc) is 2.53. The van der Waals surface area contributed by atoms with Crippen LogP contribution in [0.5, 0.6) is 0 Å². The van der Waals surface area contributed by atoms with Gasteiger partial charge in [-0.3, -0.25) is 9.59 Å². The number of rotatable bonds is 5. The molecule has 1 aromatic heterocycles. The largest absolute Gasteiger partial charge is 0.465 e. The Bertz CT molecular complexity index is 527. The smallest absolute Gasteiger partial charge is 0.325 e. The molecule has 0 radical (unpaired) electrons. The van der Waals surface area contributed by atoms with Crippen molar-refractivity contribution in [1.29, 1.82) is 0 Å². The first kappa shape index (κ1) is 16.2. The molecule has 1 fully saturated rings. The second-order valence-corrected chi connectivity index (χ2v) is 5.30. The maximum atomic E-state index is 12.0. The van der Waals surface area contributed by atoms with Gasteiger partial charge in [0.25, 0.3) is 0 Å². The fourth-order valence-corrected chi connectivity index (χ4v) is 2.50. The number of amides is 1. The van der Waals surface area contributed by atoms with Crippen molar-refractivity contribution in [2.24, 2.45) is 5.92 Å². The predicted octanol–water partition coefficient (Wildman–Crippen LogP) is 0.681. The van der Waals surface area contributed by atoms with Gasteiger partial charge in [-0.2, -0.15) is 0 Å². The Hall–Kier alpha value is -2.18. The van der Waals surface area contributed by atoms with E-state index in [1.54, 1.807) is 13.3 Å². The van der Waals surface area contributed by atoms with Crippen molar-refractivity contribution >= 4 is 17.7 Å². The van der Waals surface area contributed by atoms with Gasteiger partial charge in [-0.25, -0.2) is 9.97 Å². The van der Waals surface area contributed by atoms with E-state index in [1.807, 2.05) is 13.0 Å². The molecule has 1 aliphatic rings. The predicted molar refractivity (Wildman–Crippen MR) is 81.3 cm³/mol. The van der Waals surface area contributed by atoms with Crippen LogP contribution in [-0.2, 0) is 14.3 Å². The fourth-order valence-electron chi connectivity index (χ4n) is 2.50. The van der Waals surface area contributed by atoms with E-state index >= 15 is 0 Å². The van der Waals surface area contributed by atoms with Crippen molar-refractivity contribution in [1.82, 2.24) is 15.3 Å². The summed E-state index contributed by atoms with van der Waals surface area (Å²) in [5, 5.41) is 2.64. The normalized spacial score (nSPS) is 15.5. The number of aryl methyl sites for hydroxylation is 1. The van der Waals surface area contributed by atoms with E-state index in [9.17, 15) is 9.59 Å². The molecule has 7 nitrogen and oxygen atoms in total. The van der Waals surface area contributed by atoms with Gasteiger partial charge in [-0.05, 0) is 26.7 Å². The van der Waals surface area contributed by atoms with Crippen LogP contribution in [0.25, 0.3) is 0 Å². The highest BCUT2D eigenvalue weighted by Crippen LogP contribution is 2.21. The van der Waals surface area contributed by atoms with Crippen LogP contribution < -0.4 is 10.2 Å². The summed E-state index contributed by atoms with van der Waals surface area (Å²) in [5.41, 5.74) is 0.930. The number of nitrogens with zero attached hydrogens (tertiary/aromatic N) is 3. The lowest BCUT2D eigenvalue weighted by Gasteiger charge is -2.32. The molecule has 120 valence electrons. The molecule has 2 heterocycles. The van der Waals surface area contributed by atoms with E-state index in [2.05, 4.69) is 20.2 Å². The highest BCUT2D eigenvalue weighted by atomic mass is 16.5. The Morgan fingerprint density at radius 2 is 2.09 bits per heavy atom. The summed E-state index contributed by atoms with van der Waals surface area (Å²) in [6, 6.07) is 1.95. The molecule has 0 aliphatic carbocycles. The number of ether oxygens (including phenoxy) is 1. The SMILES string of the molecule is CCOC(=O)CNC(=O)C1CCN(c2cc(C)ncn2)CC1. The van der Waals surface area contributed by atoms with Crippen LogP contribution in [0, 0.1) is 12.8 Å². The Labute approximate surface area is 130 Å². The molecule has 0 aromatic carbocycles. The molecule has 0 saturated carbocycles. The van der Waals surface area contributed by atoms with Gasteiger partial charge >= 0.3 is 5.97 Å². The van der Waals surface area contributed by atoms with Gasteiger partial charge in [-0.1, -0.05) is 0 Å². The minimum absolute atomic E-state index is 0.0575. The number of carbonyl (C=O) groups is 2. The molecule has 0 unspecified atom stereocenters. The van der Waals surface area contributed by atoms with Crippen LogP contribution in [0.4, 0.5) is 5.82 Å². The summed E-state index contributed by atoms with van der Waals surface area (Å²) in [6.07, 6.45) is 3.05. The lowest BCUT2D eigenvalue weighted by Crippen LogP contribution is -2.42. The summed E-state index contributed by atoms with van der Waals surface area (Å²) in [6.45, 7) is 5.48. The highest BCUT2D eigenvalue weighted by molar-refractivity contribution is 5.83. The number of anilines is 1. The van der Waals surface area contributed by atoms with Gasteiger partial charge in [-0.15, -0.1) is 0 Å². The van der Waals surface area contributed by atoms with Crippen molar-refractivity contribution < 1.29 is 14.3 Å². The first-order valence-electron chi connectivity index (χ1n) is 7.57. The zero-order valence-corrected chi connectivity index (χ0v) is 13.0. The highest BCUT2D eigenvalue weighted by Gasteiger charge is 2.25. The zero-order chi connectivity index (χ0) is 15.9. The average molecular weight is 306 g/mol. The Morgan fingerprint density at radius 3 is 2.73 bits per heavy atom. The first-order valence-corrected chi connectivity index (χ1v) is 7.57. The molecule has 1 aromatic rings. The third-order valence-corrected chi connectivity index (χ3v) is 3.69. The van der Waals surface area contributed by atoms with Crippen LogP contribution in [0.15, 0.2) is 12.4 Å². The topological polar surface area (TPSA) is 84.4 Å². The summed E-state index contributed by atoms with van der Waals surface area (Å²) < 4.78 is 4.79. The third kappa shape index (κ3) is 4.41. The number of hydrogen-bond donors (Lipinski definition) is 1. The molecular weight excluding hydrogens is 284 g/mol. The van der Waals surface area contributed by atoms with E-state index in [-0.39, 0.29) is 18.4 Å². The molecule has 1 aliphatic heterocycles. The maximum Gasteiger partial charge on any atom is 0.325 e. The first-order chi connectivity index (χ1) is 10.6. The molecule has 2 rings (SSSR count). The number of aromatic nitrogens is 2. The molecule has 22 heavy (non-hydrogen) atoms. The molecule has 1 N–H and O–H groups in total. The number of nitrogens with one attached hydrogen (secondary N) is 1. The van der Waals surface area contributed by atoms with Crippen LogP contribution in [-0.4, -0.2) is 48.1 Å². The molecule has 0 spiro atoms. The number of hydrogen-bond acceptors (Lipinski definition) is 6. The van der Waals surface area contributed by atoms with Crippen molar-refractivity contribution in [2.75, 3.05) is 31.1 Å². The molecule has 7 heteroatoms. The third-order valence-electron chi connectivity index (χ3n) is 3.69. The van der Waals surface area contributed by atoms with Crippen molar-refractivity contribution in [3.05, 3.63) is 18.1 Å². The van der Waals surface area contributed by atoms with E-state index in [1.165, 1.54) is 0 Å². The van der Waals surface area contributed by atoms with Crippen LogP contribution >= 0.6 is 0 Å². The summed E-state index contributed by atoms with van der Waals surface area (Å²) >= 11 is 0. The lowest BCUT2D eigenvalue weighted by atomic mass is 9.96. The Kier molecular flexibility index (Phi) is 5.68. The van der Waals surface area contributed by atoms with Crippen molar-refractivity contribution in [3.63, 3.8) is 0 Å². The molecule has 0 atom stereocenters. The standard InChI is InChI=1S/C15H22N4O3/c1-3-22-14(20)9-16-15(21)12-4-6-19(7-5-12)13-8-11(2)17-10-18-13/h8,10,12H,3-7,9H2,1-2H3,(H,16,21). The second-order valence-electron chi connectivity index (χ2n) is 5.30. The lowest BCUT2D eigenvalue weighted by molar-refractivity contribution is -0.143. The molecule has 1 saturated heterocycles. The summed E-state index contributed by atoms with van der Waals surface area (Å²) in [4.78, 5) is 33.8. The minimum Gasteiger partial charge on any atom is -0.465 e. The summed E-state index contributed by atoms with van der Waals surface area (Å²) in [7, 11) is 0. The monoisotopic (exact) mass is 306 g/mol. The number of esters is 1. The Morgan fingerprint density at radius 1 is 1.36 bits per heavy atom. The molecular formula is C15H22N4O3. The minimum atomic E-state index is -0.398. The maximum absolute atomic E-state index is 12.0. The van der Waals surface area contributed by atoms with E-state index < -0.39 is 5.97 Å². The van der Waals surface area contributed by atoms with E-state index in [0.717, 1.165) is 37.4 Å². The van der Waals surface area contributed by atoms with Gasteiger partial charge < -0.3 is 15.0 Å². The number of carbonyl (C=O) groups excluding carboxylic acids is 2. The summed E-state index contributed by atoms with van der Waals surface area (Å²) in [5.74, 6) is 0.364. The van der Waals surface area contributed by atoms with Gasteiger partial charge in [0.1, 0.15) is 18.7 Å². The van der Waals surface area contributed by atoms with Gasteiger partial charge in [0.05, 0.1) is 6.61 Å². The van der Waals surface area contributed by atoms with E-state index in [0.29, 0.717) is 6.61 Å². The molecule has 0 bridgehead atoms. The van der Waals surface area contributed by atoms with Crippen molar-refractivity contribution in [2.45, 2.75) is 26.7 Å². The van der Waals surface area contributed by atoms with Gasteiger partial charge in [0.15, 0.2) is 0 Å².